The molecule has 11 heteroatoms. The van der Waals surface area contributed by atoms with E-state index < -0.39 is 16.1 Å². The molecule has 2 atom stereocenters. The monoisotopic (exact) mass is 494 g/mol. The summed E-state index contributed by atoms with van der Waals surface area (Å²) in [4.78, 5) is 27.2. The summed E-state index contributed by atoms with van der Waals surface area (Å²) in [5.41, 5.74) is 0.997. The summed E-state index contributed by atoms with van der Waals surface area (Å²) in [5, 5.41) is 5.77. The first-order chi connectivity index (χ1) is 16.3. The number of nitrogens with zero attached hydrogens (tertiary/aromatic N) is 2. The molecule has 4 rings (SSSR count). The second-order valence-electron chi connectivity index (χ2n) is 9.07. The lowest BCUT2D eigenvalue weighted by atomic mass is 9.99. The largest absolute Gasteiger partial charge is 0.478 e. The van der Waals surface area contributed by atoms with Gasteiger partial charge < -0.3 is 20.1 Å². The maximum absolute atomic E-state index is 13.5. The summed E-state index contributed by atoms with van der Waals surface area (Å²) >= 11 is 0. The van der Waals surface area contributed by atoms with Crippen LogP contribution < -0.4 is 15.4 Å². The van der Waals surface area contributed by atoms with Crippen LogP contribution in [0.4, 0.5) is 5.69 Å². The minimum Gasteiger partial charge on any atom is -0.478 e. The van der Waals surface area contributed by atoms with Gasteiger partial charge >= 0.3 is 0 Å². The second-order valence-corrected chi connectivity index (χ2v) is 11.0. The zero-order valence-corrected chi connectivity index (χ0v) is 20.7. The Morgan fingerprint density at radius 2 is 2.00 bits per heavy atom. The van der Waals surface area contributed by atoms with E-state index in [2.05, 4.69) is 15.5 Å². The van der Waals surface area contributed by atoms with Gasteiger partial charge in [-0.1, -0.05) is 6.92 Å². The number of morpholine rings is 1. The molecule has 188 valence electrons. The fraction of sp³-hybridized carbons (Fsp3) is 0.652. The SMILES string of the molecule is CCC1Oc2cc(S(=O)(=O)N3CCCC(C(=O)NCCN4CCOCC4)C3)c(C)cc2NC1=O. The average Bonchev–Trinajstić information content (AvgIpc) is 2.84. The maximum Gasteiger partial charge on any atom is 0.265 e. The quantitative estimate of drug-likeness (QED) is 0.580. The Morgan fingerprint density at radius 1 is 1.24 bits per heavy atom. The van der Waals surface area contributed by atoms with Crippen LogP contribution in [0.3, 0.4) is 0 Å². The highest BCUT2D eigenvalue weighted by Crippen LogP contribution is 2.36. The number of piperidine rings is 1. The number of benzene rings is 1. The fourth-order valence-corrected chi connectivity index (χ4v) is 6.40. The van der Waals surface area contributed by atoms with E-state index in [1.54, 1.807) is 13.0 Å². The van der Waals surface area contributed by atoms with Crippen LogP contribution in [0.1, 0.15) is 31.7 Å². The normalized spacial score (nSPS) is 24.1. The third-order valence-electron chi connectivity index (χ3n) is 6.67. The van der Waals surface area contributed by atoms with E-state index >= 15 is 0 Å². The number of ether oxygens (including phenoxy) is 2. The zero-order valence-electron chi connectivity index (χ0n) is 19.8. The smallest absolute Gasteiger partial charge is 0.265 e. The fourth-order valence-electron chi connectivity index (χ4n) is 4.65. The molecule has 2 saturated heterocycles. The Kier molecular flexibility index (Phi) is 7.76. The molecule has 34 heavy (non-hydrogen) atoms. The molecule has 3 heterocycles. The number of carbonyl (C=O) groups is 2. The molecule has 0 spiro atoms. The minimum atomic E-state index is -3.83. The van der Waals surface area contributed by atoms with Crippen molar-refractivity contribution in [1.29, 1.82) is 0 Å². The van der Waals surface area contributed by atoms with Crippen LogP contribution >= 0.6 is 0 Å². The molecule has 0 saturated carbocycles. The molecule has 0 aliphatic carbocycles. The van der Waals surface area contributed by atoms with Crippen LogP contribution in [0.5, 0.6) is 5.75 Å². The summed E-state index contributed by atoms with van der Waals surface area (Å²) in [5.74, 6) is -0.369. The van der Waals surface area contributed by atoms with Crippen LogP contribution in [0.2, 0.25) is 0 Å². The number of nitrogens with one attached hydrogen (secondary N) is 2. The van der Waals surface area contributed by atoms with Crippen LogP contribution in [0.25, 0.3) is 0 Å². The summed E-state index contributed by atoms with van der Waals surface area (Å²) in [6.45, 7) is 8.48. The molecule has 3 aliphatic rings. The predicted molar refractivity (Wildman–Crippen MR) is 126 cm³/mol. The topological polar surface area (TPSA) is 117 Å². The van der Waals surface area contributed by atoms with Gasteiger partial charge in [-0.2, -0.15) is 4.31 Å². The van der Waals surface area contributed by atoms with E-state index in [0.29, 0.717) is 62.6 Å². The number of hydrogen-bond acceptors (Lipinski definition) is 7. The number of fused-ring (bicyclic) bond motifs is 1. The van der Waals surface area contributed by atoms with Crippen molar-refractivity contribution in [2.24, 2.45) is 5.92 Å². The molecule has 0 bridgehead atoms. The number of carbonyl (C=O) groups excluding carboxylic acids is 2. The van der Waals surface area contributed by atoms with Gasteiger partial charge in [-0.15, -0.1) is 0 Å². The second kappa shape index (κ2) is 10.6. The van der Waals surface area contributed by atoms with E-state index in [1.807, 2.05) is 6.92 Å². The summed E-state index contributed by atoms with van der Waals surface area (Å²) in [6, 6.07) is 3.12. The molecule has 3 aliphatic heterocycles. The van der Waals surface area contributed by atoms with Gasteiger partial charge in [0.05, 0.1) is 29.7 Å². The lowest BCUT2D eigenvalue weighted by Gasteiger charge is -2.32. The first kappa shape index (κ1) is 24.9. The van der Waals surface area contributed by atoms with Gasteiger partial charge in [0.15, 0.2) is 6.10 Å². The zero-order chi connectivity index (χ0) is 24.3. The number of amides is 2. The highest BCUT2D eigenvalue weighted by atomic mass is 32.2. The number of anilines is 1. The molecule has 1 aromatic rings. The van der Waals surface area contributed by atoms with Gasteiger partial charge in [-0.05, 0) is 37.8 Å². The highest BCUT2D eigenvalue weighted by molar-refractivity contribution is 7.89. The van der Waals surface area contributed by atoms with Crippen molar-refractivity contribution in [3.8, 4) is 5.75 Å². The van der Waals surface area contributed by atoms with Gasteiger partial charge in [0.25, 0.3) is 5.91 Å². The standard InChI is InChI=1S/C23H34N4O6S/c1-3-19-23(29)25-18-13-16(2)21(14-20(18)33-19)34(30,31)27-7-4-5-17(15-27)22(28)24-6-8-26-9-11-32-12-10-26/h13-14,17,19H,3-12,15H2,1-2H3,(H,24,28)(H,25,29). The van der Waals surface area contributed by atoms with Crippen LogP contribution in [-0.2, 0) is 24.3 Å². The molecule has 2 unspecified atom stereocenters. The minimum absolute atomic E-state index is 0.104. The Balaban J connectivity index is 1.42. The molecule has 2 fully saturated rings. The summed E-state index contributed by atoms with van der Waals surface area (Å²) < 4.78 is 39.6. The van der Waals surface area contributed by atoms with Gasteiger partial charge in [0, 0.05) is 45.3 Å². The maximum atomic E-state index is 13.5. The number of sulfonamides is 1. The lowest BCUT2D eigenvalue weighted by molar-refractivity contribution is -0.126. The van der Waals surface area contributed by atoms with E-state index in [1.165, 1.54) is 10.4 Å². The molecule has 2 N–H and O–H groups in total. The van der Waals surface area contributed by atoms with Gasteiger partial charge in [0.1, 0.15) is 5.75 Å². The van der Waals surface area contributed by atoms with Crippen molar-refractivity contribution in [1.82, 2.24) is 14.5 Å². The van der Waals surface area contributed by atoms with Crippen LogP contribution in [-0.4, -0.2) is 88.0 Å². The molecular weight excluding hydrogens is 460 g/mol. The molecule has 2 amide bonds. The number of hydrogen-bond donors (Lipinski definition) is 2. The number of rotatable bonds is 7. The Hall–Kier alpha value is -2.21. The van der Waals surface area contributed by atoms with Crippen molar-refractivity contribution in [2.45, 2.75) is 44.1 Å². The van der Waals surface area contributed by atoms with E-state index in [9.17, 15) is 18.0 Å². The van der Waals surface area contributed by atoms with Crippen LogP contribution in [0.15, 0.2) is 17.0 Å². The van der Waals surface area contributed by atoms with Crippen molar-refractivity contribution in [3.05, 3.63) is 17.7 Å². The summed E-state index contributed by atoms with van der Waals surface area (Å²) in [6.07, 6.45) is 1.11. The Morgan fingerprint density at radius 3 is 2.74 bits per heavy atom. The third-order valence-corrected chi connectivity index (χ3v) is 8.68. The van der Waals surface area contributed by atoms with Gasteiger partial charge in [0.2, 0.25) is 15.9 Å². The van der Waals surface area contributed by atoms with Crippen molar-refractivity contribution < 1.29 is 27.5 Å². The van der Waals surface area contributed by atoms with Gasteiger partial charge in [-0.25, -0.2) is 8.42 Å². The van der Waals surface area contributed by atoms with Crippen LogP contribution in [0, 0.1) is 12.8 Å². The Bertz CT molecular complexity index is 1020. The van der Waals surface area contributed by atoms with Crippen molar-refractivity contribution in [3.63, 3.8) is 0 Å². The van der Waals surface area contributed by atoms with E-state index in [-0.39, 0.29) is 29.2 Å². The van der Waals surface area contributed by atoms with E-state index in [4.69, 9.17) is 9.47 Å². The summed E-state index contributed by atoms with van der Waals surface area (Å²) in [7, 11) is -3.83. The third kappa shape index (κ3) is 5.37. The highest BCUT2D eigenvalue weighted by Gasteiger charge is 2.35. The molecule has 10 nitrogen and oxygen atoms in total. The Labute approximate surface area is 201 Å². The predicted octanol–water partition coefficient (Wildman–Crippen LogP) is 0.954. The molecular formula is C23H34N4O6S. The molecule has 0 aromatic heterocycles. The lowest BCUT2D eigenvalue weighted by Crippen LogP contribution is -2.47. The first-order valence-corrected chi connectivity index (χ1v) is 13.4. The molecule has 0 radical (unpaired) electrons. The van der Waals surface area contributed by atoms with Crippen molar-refractivity contribution >= 4 is 27.5 Å². The van der Waals surface area contributed by atoms with Crippen molar-refractivity contribution in [2.75, 3.05) is 57.8 Å². The first-order valence-electron chi connectivity index (χ1n) is 12.0. The number of aryl methyl sites for hydroxylation is 1. The van der Waals surface area contributed by atoms with E-state index in [0.717, 1.165) is 19.6 Å². The van der Waals surface area contributed by atoms with Gasteiger partial charge in [-0.3, -0.25) is 14.5 Å². The average molecular weight is 495 g/mol. The molecule has 1 aromatic carbocycles.